The summed E-state index contributed by atoms with van der Waals surface area (Å²) in [5.74, 6) is 3.44. The number of nitrogens with zero attached hydrogens (tertiary/aromatic N) is 6. The number of piperidine rings is 1. The maximum atomic E-state index is 7.27. The van der Waals surface area contributed by atoms with Crippen molar-refractivity contribution in [3.8, 4) is 5.88 Å². The van der Waals surface area contributed by atoms with Gasteiger partial charge in [-0.05, 0) is 56.4 Å². The van der Waals surface area contributed by atoms with E-state index in [-0.39, 0.29) is 0 Å². The Hall–Kier alpha value is -3.08. The second-order valence-corrected chi connectivity index (χ2v) is 8.44. The van der Waals surface area contributed by atoms with E-state index in [1.54, 1.807) is 13.3 Å². The topological polar surface area (TPSA) is 137 Å². The average molecular weight is 443 g/mol. The van der Waals surface area contributed by atoms with Gasteiger partial charge in [0.05, 0.1) is 18.5 Å². The van der Waals surface area contributed by atoms with Gasteiger partial charge in [-0.25, -0.2) is 9.99 Å². The fourth-order valence-corrected chi connectivity index (χ4v) is 4.55. The molecule has 172 valence electrons. The molecule has 0 unspecified atom stereocenters. The Morgan fingerprint density at radius 2 is 2.19 bits per heavy atom. The maximum absolute atomic E-state index is 7.27. The second-order valence-electron chi connectivity index (χ2n) is 8.44. The van der Waals surface area contributed by atoms with Crippen LogP contribution in [0.5, 0.6) is 5.88 Å². The Morgan fingerprint density at radius 3 is 2.88 bits per heavy atom. The summed E-state index contributed by atoms with van der Waals surface area (Å²) in [6, 6.07) is 2.42. The van der Waals surface area contributed by atoms with E-state index in [4.69, 9.17) is 24.9 Å². The maximum Gasteiger partial charge on any atom is 0.324 e. The molecule has 2 aromatic heterocycles. The number of ether oxygens (including phenoxy) is 2. The fraction of sp³-hybridized carbons (Fsp3) is 0.619. The molecule has 1 aliphatic heterocycles. The molecule has 2 fully saturated rings. The zero-order valence-electron chi connectivity index (χ0n) is 18.5. The van der Waals surface area contributed by atoms with Gasteiger partial charge >= 0.3 is 6.01 Å². The van der Waals surface area contributed by atoms with Crippen molar-refractivity contribution in [3.05, 3.63) is 23.7 Å². The van der Waals surface area contributed by atoms with Crippen LogP contribution < -0.4 is 14.6 Å². The lowest BCUT2D eigenvalue weighted by atomic mass is 9.91. The number of hydrogen-bond acceptors (Lipinski definition) is 10. The highest BCUT2D eigenvalue weighted by molar-refractivity contribution is 5.75. The van der Waals surface area contributed by atoms with Crippen molar-refractivity contribution in [2.45, 2.75) is 39.2 Å². The van der Waals surface area contributed by atoms with Gasteiger partial charge in [-0.2, -0.15) is 10.5 Å². The number of anilines is 2. The lowest BCUT2D eigenvalue weighted by Crippen LogP contribution is -2.34. The zero-order chi connectivity index (χ0) is 22.5. The molecule has 0 radical (unpaired) electrons. The van der Waals surface area contributed by atoms with E-state index in [2.05, 4.69) is 25.2 Å². The van der Waals surface area contributed by atoms with E-state index in [9.17, 15) is 0 Å². The van der Waals surface area contributed by atoms with Crippen LogP contribution in [-0.4, -0.2) is 48.3 Å². The summed E-state index contributed by atoms with van der Waals surface area (Å²) in [6.45, 7) is 4.83. The standard InChI is InChI=1S/C21H30N8O3/c1-14-9-17(29(13-22)27-23)11-24-20(14)31-8-5-16-10-18(16)15-3-6-28(7-4-15)21-25-19(12-30-2)26-32-21/h9,11,13,15-16,18,22-23H,3-8,10,12H2,1-2H3/t16-,18-/m1/s1. The first-order valence-electron chi connectivity index (χ1n) is 11.0. The number of methoxy groups -OCH3 is 1. The van der Waals surface area contributed by atoms with Crippen LogP contribution in [0.15, 0.2) is 22.0 Å². The van der Waals surface area contributed by atoms with Crippen molar-refractivity contribution in [1.82, 2.24) is 15.1 Å². The number of aryl methyl sites for hydroxylation is 1. The highest BCUT2D eigenvalue weighted by Crippen LogP contribution is 2.50. The summed E-state index contributed by atoms with van der Waals surface area (Å²) < 4.78 is 16.3. The number of pyridine rings is 1. The molecule has 0 spiro atoms. The van der Waals surface area contributed by atoms with Gasteiger partial charge in [0.15, 0.2) is 5.82 Å². The molecular weight excluding hydrogens is 412 g/mol. The monoisotopic (exact) mass is 442 g/mol. The van der Waals surface area contributed by atoms with Gasteiger partial charge in [0, 0.05) is 25.8 Å². The highest BCUT2D eigenvalue weighted by atomic mass is 16.5. The van der Waals surface area contributed by atoms with Crippen molar-refractivity contribution < 1.29 is 14.0 Å². The predicted octanol–water partition coefficient (Wildman–Crippen LogP) is 3.60. The Bertz CT molecular complexity index is 920. The van der Waals surface area contributed by atoms with Crippen molar-refractivity contribution in [2.24, 2.45) is 23.0 Å². The van der Waals surface area contributed by atoms with Crippen molar-refractivity contribution in [2.75, 3.05) is 36.7 Å². The molecule has 11 heteroatoms. The largest absolute Gasteiger partial charge is 0.477 e. The summed E-state index contributed by atoms with van der Waals surface area (Å²) in [5.41, 5.74) is 8.53. The van der Waals surface area contributed by atoms with Crippen LogP contribution in [-0.2, 0) is 11.3 Å². The smallest absolute Gasteiger partial charge is 0.324 e. The van der Waals surface area contributed by atoms with Gasteiger partial charge in [-0.15, -0.1) is 0 Å². The fourth-order valence-electron chi connectivity index (χ4n) is 4.55. The molecule has 4 rings (SSSR count). The molecular formula is C21H30N8O3. The molecule has 1 aliphatic carbocycles. The minimum Gasteiger partial charge on any atom is -0.477 e. The average Bonchev–Trinajstić information content (AvgIpc) is 3.43. The van der Waals surface area contributed by atoms with E-state index in [0.29, 0.717) is 36.6 Å². The van der Waals surface area contributed by atoms with Crippen LogP contribution in [0.3, 0.4) is 0 Å². The summed E-state index contributed by atoms with van der Waals surface area (Å²) >= 11 is 0. The normalized spacial score (nSPS) is 20.8. The molecule has 2 atom stereocenters. The Morgan fingerprint density at radius 1 is 1.38 bits per heavy atom. The number of hydrogen-bond donors (Lipinski definition) is 2. The van der Waals surface area contributed by atoms with Gasteiger partial charge in [0.25, 0.3) is 0 Å². The van der Waals surface area contributed by atoms with Gasteiger partial charge in [0.2, 0.25) is 5.88 Å². The summed E-state index contributed by atoms with van der Waals surface area (Å²) in [6.07, 6.45) is 7.15. The third kappa shape index (κ3) is 5.04. The molecule has 11 nitrogen and oxygen atoms in total. The Kier molecular flexibility index (Phi) is 6.93. The zero-order valence-corrected chi connectivity index (χ0v) is 18.5. The molecule has 2 aliphatic rings. The van der Waals surface area contributed by atoms with E-state index >= 15 is 0 Å². The highest BCUT2D eigenvalue weighted by Gasteiger charge is 2.43. The van der Waals surface area contributed by atoms with Crippen LogP contribution in [0.2, 0.25) is 0 Å². The first kappa shape index (κ1) is 22.1. The van der Waals surface area contributed by atoms with Crippen molar-refractivity contribution >= 4 is 18.0 Å². The molecule has 2 aromatic rings. The minimum absolute atomic E-state index is 0.369. The van der Waals surface area contributed by atoms with Gasteiger partial charge < -0.3 is 18.9 Å². The SMILES string of the molecule is COCc1noc(N2CCC([C@H]3C[C@H]3CCOc3ncc(N(C=N)N=N)cc3C)CC2)n1. The van der Waals surface area contributed by atoms with Crippen LogP contribution in [0, 0.1) is 35.6 Å². The first-order valence-corrected chi connectivity index (χ1v) is 11.0. The van der Waals surface area contributed by atoms with Gasteiger partial charge in [0.1, 0.15) is 12.9 Å². The van der Waals surface area contributed by atoms with Crippen molar-refractivity contribution in [3.63, 3.8) is 0 Å². The number of aromatic nitrogens is 3. The van der Waals surface area contributed by atoms with Gasteiger partial charge in [-0.1, -0.05) is 10.4 Å². The van der Waals surface area contributed by atoms with E-state index in [1.165, 1.54) is 6.42 Å². The van der Waals surface area contributed by atoms with E-state index in [0.717, 1.165) is 67.0 Å². The lowest BCUT2D eigenvalue weighted by Gasteiger charge is -2.30. The first-order chi connectivity index (χ1) is 15.6. The third-order valence-corrected chi connectivity index (χ3v) is 6.36. The van der Waals surface area contributed by atoms with Crippen LogP contribution >= 0.6 is 0 Å². The molecule has 0 aromatic carbocycles. The predicted molar refractivity (Wildman–Crippen MR) is 117 cm³/mol. The van der Waals surface area contributed by atoms with Gasteiger partial charge in [-0.3, -0.25) is 5.41 Å². The van der Waals surface area contributed by atoms with E-state index < -0.39 is 0 Å². The lowest BCUT2D eigenvalue weighted by molar-refractivity contribution is 0.174. The molecule has 0 amide bonds. The Balaban J connectivity index is 1.18. The Labute approximate surface area is 187 Å². The van der Waals surface area contributed by atoms with Crippen LogP contribution in [0.1, 0.15) is 37.1 Å². The van der Waals surface area contributed by atoms with Crippen molar-refractivity contribution in [1.29, 1.82) is 10.9 Å². The van der Waals surface area contributed by atoms with Crippen LogP contribution in [0.4, 0.5) is 11.7 Å². The summed E-state index contributed by atoms with van der Waals surface area (Å²) in [5, 5.41) is 15.6. The number of nitrogens with one attached hydrogen (secondary N) is 2. The third-order valence-electron chi connectivity index (χ3n) is 6.36. The summed E-state index contributed by atoms with van der Waals surface area (Å²) in [4.78, 5) is 10.9. The quantitative estimate of drug-likeness (QED) is 0.233. The molecule has 3 heterocycles. The molecule has 32 heavy (non-hydrogen) atoms. The van der Waals surface area contributed by atoms with Crippen LogP contribution in [0.25, 0.3) is 0 Å². The minimum atomic E-state index is 0.369. The molecule has 1 saturated heterocycles. The molecule has 0 bridgehead atoms. The molecule has 1 saturated carbocycles. The van der Waals surface area contributed by atoms with E-state index in [1.807, 2.05) is 13.0 Å². The number of rotatable bonds is 11. The second kappa shape index (κ2) is 10.0. The molecule has 2 N–H and O–H groups in total. The summed E-state index contributed by atoms with van der Waals surface area (Å²) in [7, 11) is 1.62.